The Morgan fingerprint density at radius 1 is 1.40 bits per heavy atom. The molecule has 1 aliphatic heterocycles. The number of ether oxygens (including phenoxy) is 1. The second-order valence-corrected chi connectivity index (χ2v) is 7.38. The Labute approximate surface area is 140 Å². The van der Waals surface area contributed by atoms with Gasteiger partial charge in [-0.1, -0.05) is 0 Å². The number of aliphatic hydroxyl groups is 2. The molecule has 4 rings (SSSR count). The molecule has 2 fully saturated rings. The lowest BCUT2D eigenvalue weighted by molar-refractivity contribution is -0.258. The maximum Gasteiger partial charge on any atom is 0.469 e. The van der Waals surface area contributed by atoms with Crippen LogP contribution in [0.5, 0.6) is 0 Å². The number of hydrogen-bond donors (Lipinski definition) is 5. The molecular weight excluding hydrogens is 357 g/mol. The SMILES string of the molecule is Nc1ncnc2c1ncn2[C@@]12CC[C@@]1(O)[C@H](O)[C@@H](COP(=O)(O)O)O2. The number of nitrogen functional groups attached to an aromatic ring is 1. The Balaban J connectivity index is 1.73. The molecule has 136 valence electrons. The van der Waals surface area contributed by atoms with Crippen molar-refractivity contribution in [1.29, 1.82) is 0 Å². The zero-order chi connectivity index (χ0) is 18.0. The molecule has 0 aromatic carbocycles. The van der Waals surface area contributed by atoms with Crippen molar-refractivity contribution in [1.82, 2.24) is 19.5 Å². The molecule has 13 heteroatoms. The third-order valence-corrected chi connectivity index (χ3v) is 5.35. The molecule has 1 saturated carbocycles. The fourth-order valence-corrected chi connectivity index (χ4v) is 3.90. The lowest BCUT2D eigenvalue weighted by Crippen LogP contribution is -2.65. The molecule has 2 aromatic heterocycles. The fraction of sp³-hybridized carbons (Fsp3) is 0.583. The number of aliphatic hydroxyl groups excluding tert-OH is 1. The molecule has 1 saturated heterocycles. The van der Waals surface area contributed by atoms with Crippen molar-refractivity contribution in [2.75, 3.05) is 12.3 Å². The Bertz CT molecular complexity index is 886. The molecule has 6 N–H and O–H groups in total. The number of aromatic nitrogens is 4. The highest BCUT2D eigenvalue weighted by molar-refractivity contribution is 7.46. The van der Waals surface area contributed by atoms with E-state index in [0.717, 1.165) is 0 Å². The Kier molecular flexibility index (Phi) is 3.48. The third-order valence-electron chi connectivity index (χ3n) is 4.87. The zero-order valence-corrected chi connectivity index (χ0v) is 13.7. The Morgan fingerprint density at radius 2 is 2.16 bits per heavy atom. The van der Waals surface area contributed by atoms with Crippen molar-refractivity contribution in [3.05, 3.63) is 12.7 Å². The molecule has 0 radical (unpaired) electrons. The molecule has 1 aliphatic carbocycles. The minimum Gasteiger partial charge on any atom is -0.387 e. The van der Waals surface area contributed by atoms with Gasteiger partial charge in [-0.3, -0.25) is 9.09 Å². The van der Waals surface area contributed by atoms with Crippen LogP contribution in [0.25, 0.3) is 11.2 Å². The zero-order valence-electron chi connectivity index (χ0n) is 12.8. The van der Waals surface area contributed by atoms with Gasteiger partial charge in [-0.05, 0) is 6.42 Å². The van der Waals surface area contributed by atoms with Gasteiger partial charge >= 0.3 is 7.82 Å². The van der Waals surface area contributed by atoms with Gasteiger partial charge in [-0.2, -0.15) is 0 Å². The first kappa shape index (κ1) is 16.8. The van der Waals surface area contributed by atoms with Crippen LogP contribution in [-0.2, 0) is 19.6 Å². The smallest absolute Gasteiger partial charge is 0.387 e. The summed E-state index contributed by atoms with van der Waals surface area (Å²) in [5.41, 5.74) is 3.33. The number of phosphoric ester groups is 1. The maximum absolute atomic E-state index is 10.9. The van der Waals surface area contributed by atoms with Crippen LogP contribution in [0.3, 0.4) is 0 Å². The molecular formula is C12H16N5O7P. The topological polar surface area (TPSA) is 186 Å². The van der Waals surface area contributed by atoms with Crippen LogP contribution < -0.4 is 5.73 Å². The van der Waals surface area contributed by atoms with Gasteiger partial charge in [-0.25, -0.2) is 19.5 Å². The minimum absolute atomic E-state index is 0.156. The Hall–Kier alpha value is -1.66. The van der Waals surface area contributed by atoms with E-state index in [9.17, 15) is 14.8 Å². The molecule has 2 aromatic rings. The second kappa shape index (κ2) is 5.17. The highest BCUT2D eigenvalue weighted by Crippen LogP contribution is 2.58. The summed E-state index contributed by atoms with van der Waals surface area (Å²) < 4.78 is 22.6. The van der Waals surface area contributed by atoms with Gasteiger partial charge in [0.15, 0.2) is 17.2 Å². The van der Waals surface area contributed by atoms with E-state index in [2.05, 4.69) is 19.5 Å². The van der Waals surface area contributed by atoms with Crippen LogP contribution in [0.15, 0.2) is 12.7 Å². The van der Waals surface area contributed by atoms with Crippen molar-refractivity contribution < 1.29 is 33.8 Å². The van der Waals surface area contributed by atoms with Crippen molar-refractivity contribution in [3.63, 3.8) is 0 Å². The van der Waals surface area contributed by atoms with Crippen molar-refractivity contribution >= 4 is 24.8 Å². The van der Waals surface area contributed by atoms with Gasteiger partial charge < -0.3 is 30.5 Å². The van der Waals surface area contributed by atoms with Crippen LogP contribution in [0.2, 0.25) is 0 Å². The van der Waals surface area contributed by atoms with E-state index in [1.807, 2.05) is 0 Å². The standard InChI is InChI=1S/C12H16N5O7P/c13-9-7-10(15-4-14-9)17(5-16-7)12-2-1-11(12,19)8(18)6(24-12)3-23-25(20,21)22/h4-6,8,18-19H,1-3H2,(H2,13,14,15)(H2,20,21,22)/t6-,8-,11-,12-/m1/s1. The van der Waals surface area contributed by atoms with E-state index in [4.69, 9.17) is 20.3 Å². The summed E-state index contributed by atoms with van der Waals surface area (Å²) in [7, 11) is -4.74. The molecule has 0 amide bonds. The second-order valence-electron chi connectivity index (χ2n) is 6.14. The van der Waals surface area contributed by atoms with E-state index < -0.39 is 38.0 Å². The number of rotatable bonds is 4. The molecule has 4 atom stereocenters. The first-order valence-electron chi connectivity index (χ1n) is 7.40. The van der Waals surface area contributed by atoms with E-state index >= 15 is 0 Å². The van der Waals surface area contributed by atoms with Gasteiger partial charge in [0.2, 0.25) is 0 Å². The predicted octanol–water partition coefficient (Wildman–Crippen LogP) is -1.54. The van der Waals surface area contributed by atoms with Gasteiger partial charge in [0, 0.05) is 6.42 Å². The molecule has 2 aliphatic rings. The number of hydrogen-bond acceptors (Lipinski definition) is 9. The number of phosphoric acid groups is 1. The molecule has 25 heavy (non-hydrogen) atoms. The average Bonchev–Trinajstić information content (AvgIpc) is 3.02. The number of anilines is 1. The molecule has 12 nitrogen and oxygen atoms in total. The van der Waals surface area contributed by atoms with E-state index in [1.54, 1.807) is 0 Å². The van der Waals surface area contributed by atoms with Crippen LogP contribution in [0, 0.1) is 0 Å². The van der Waals surface area contributed by atoms with Crippen LogP contribution in [-0.4, -0.2) is 63.9 Å². The largest absolute Gasteiger partial charge is 0.469 e. The summed E-state index contributed by atoms with van der Waals surface area (Å²) in [6, 6.07) is 0. The van der Waals surface area contributed by atoms with Gasteiger partial charge in [-0.15, -0.1) is 0 Å². The van der Waals surface area contributed by atoms with E-state index in [1.165, 1.54) is 17.2 Å². The highest BCUT2D eigenvalue weighted by atomic mass is 31.2. The molecule has 0 unspecified atom stereocenters. The van der Waals surface area contributed by atoms with Crippen molar-refractivity contribution in [2.45, 2.75) is 36.4 Å². The van der Waals surface area contributed by atoms with Gasteiger partial charge in [0.05, 0.1) is 12.9 Å². The first-order valence-corrected chi connectivity index (χ1v) is 8.93. The average molecular weight is 373 g/mol. The Morgan fingerprint density at radius 3 is 2.80 bits per heavy atom. The summed E-state index contributed by atoms with van der Waals surface area (Å²) in [6.45, 7) is -0.584. The number of imidazole rings is 1. The monoisotopic (exact) mass is 373 g/mol. The maximum atomic E-state index is 10.9. The molecule has 0 bridgehead atoms. The summed E-state index contributed by atoms with van der Waals surface area (Å²) in [5.74, 6) is 0.156. The lowest BCUT2D eigenvalue weighted by Gasteiger charge is -2.51. The third kappa shape index (κ3) is 2.23. The van der Waals surface area contributed by atoms with Crippen LogP contribution in [0.1, 0.15) is 12.8 Å². The van der Waals surface area contributed by atoms with Crippen molar-refractivity contribution in [3.8, 4) is 0 Å². The van der Waals surface area contributed by atoms with Gasteiger partial charge in [0.25, 0.3) is 0 Å². The van der Waals surface area contributed by atoms with Gasteiger partial charge in [0.1, 0.15) is 29.7 Å². The normalized spacial score (nSPS) is 34.9. The summed E-state index contributed by atoms with van der Waals surface area (Å²) in [6.07, 6.45) is 0.618. The fourth-order valence-electron chi connectivity index (χ4n) is 3.56. The van der Waals surface area contributed by atoms with Crippen LogP contribution in [0.4, 0.5) is 5.82 Å². The highest BCUT2D eigenvalue weighted by Gasteiger charge is 2.72. The van der Waals surface area contributed by atoms with E-state index in [-0.39, 0.29) is 12.2 Å². The number of nitrogens with zero attached hydrogens (tertiary/aromatic N) is 4. The summed E-state index contributed by atoms with van der Waals surface area (Å²) in [5, 5.41) is 21.3. The predicted molar refractivity (Wildman–Crippen MR) is 80.8 cm³/mol. The summed E-state index contributed by atoms with van der Waals surface area (Å²) in [4.78, 5) is 29.8. The van der Waals surface area contributed by atoms with E-state index in [0.29, 0.717) is 17.6 Å². The number of nitrogens with two attached hydrogens (primary N) is 1. The summed E-state index contributed by atoms with van der Waals surface area (Å²) >= 11 is 0. The first-order chi connectivity index (χ1) is 11.7. The molecule has 0 spiro atoms. The van der Waals surface area contributed by atoms with Crippen LogP contribution >= 0.6 is 7.82 Å². The lowest BCUT2D eigenvalue weighted by atomic mass is 9.68. The minimum atomic E-state index is -4.74. The van der Waals surface area contributed by atoms with Crippen molar-refractivity contribution in [2.24, 2.45) is 0 Å². The molecule has 3 heterocycles. The quantitative estimate of drug-likeness (QED) is 0.391. The number of fused-ring (bicyclic) bond motifs is 2.